The van der Waals surface area contributed by atoms with E-state index in [1.165, 1.54) is 6.07 Å². The van der Waals surface area contributed by atoms with Crippen molar-refractivity contribution in [2.24, 2.45) is 7.05 Å². The summed E-state index contributed by atoms with van der Waals surface area (Å²) in [5.41, 5.74) is 3.96. The summed E-state index contributed by atoms with van der Waals surface area (Å²) in [7, 11) is 1.83. The number of nitrogens with zero attached hydrogens (tertiary/aromatic N) is 2. The van der Waals surface area contributed by atoms with Gasteiger partial charge in [0.1, 0.15) is 11.0 Å². The van der Waals surface area contributed by atoms with E-state index in [1.807, 2.05) is 33.9 Å². The molecule has 1 N–H and O–H groups in total. The lowest BCUT2D eigenvalue weighted by Crippen LogP contribution is -2.24. The molecule has 5 heteroatoms. The molecule has 0 saturated carbocycles. The smallest absolute Gasteiger partial charge is 0.130 e. The van der Waals surface area contributed by atoms with Crippen LogP contribution >= 0.6 is 11.6 Å². The predicted molar refractivity (Wildman–Crippen MR) is 84.2 cm³/mol. The molecule has 0 radical (unpaired) electrons. The summed E-state index contributed by atoms with van der Waals surface area (Å²) in [6.45, 7) is 6.79. The van der Waals surface area contributed by atoms with Crippen molar-refractivity contribution >= 4 is 11.6 Å². The molecule has 1 atom stereocenters. The molecule has 0 saturated heterocycles. The van der Waals surface area contributed by atoms with E-state index in [4.69, 9.17) is 11.6 Å². The lowest BCUT2D eigenvalue weighted by Gasteiger charge is -2.20. The predicted octanol–water partition coefficient (Wildman–Crippen LogP) is 3.72. The fourth-order valence-corrected chi connectivity index (χ4v) is 2.89. The third kappa shape index (κ3) is 3.44. The molecule has 0 fully saturated rings. The molecule has 114 valence electrons. The molecule has 1 unspecified atom stereocenters. The van der Waals surface area contributed by atoms with Crippen LogP contribution in [-0.4, -0.2) is 16.3 Å². The number of rotatable bonds is 5. The summed E-state index contributed by atoms with van der Waals surface area (Å²) in [5.74, 6) is -0.215. The van der Waals surface area contributed by atoms with Gasteiger partial charge in [0.2, 0.25) is 0 Å². The zero-order valence-electron chi connectivity index (χ0n) is 12.9. The molecule has 2 aromatic rings. The highest BCUT2D eigenvalue weighted by molar-refractivity contribution is 6.30. The number of hydrogen-bond donors (Lipinski definition) is 1. The van der Waals surface area contributed by atoms with Crippen molar-refractivity contribution in [2.75, 3.05) is 6.54 Å². The lowest BCUT2D eigenvalue weighted by atomic mass is 9.95. The molecule has 2 rings (SSSR count). The summed E-state index contributed by atoms with van der Waals surface area (Å²) in [6.07, 6.45) is 0.691. The van der Waals surface area contributed by atoms with Crippen LogP contribution in [0.5, 0.6) is 0 Å². The van der Waals surface area contributed by atoms with Gasteiger partial charge in [0.25, 0.3) is 0 Å². The normalized spacial score (nSPS) is 12.7. The molecule has 0 spiro atoms. The third-order valence-corrected chi connectivity index (χ3v) is 4.22. The van der Waals surface area contributed by atoms with Crippen molar-refractivity contribution in [3.63, 3.8) is 0 Å². The van der Waals surface area contributed by atoms with E-state index < -0.39 is 0 Å². The van der Waals surface area contributed by atoms with Gasteiger partial charge < -0.3 is 5.32 Å². The Bertz CT molecular complexity index is 637. The van der Waals surface area contributed by atoms with Crippen LogP contribution in [0.1, 0.15) is 35.3 Å². The van der Waals surface area contributed by atoms with Gasteiger partial charge >= 0.3 is 0 Å². The SMILES string of the molecule is CCNC(Cc1c(C)nn(C)c1Cl)c1cc(F)ccc1C. The van der Waals surface area contributed by atoms with Crippen molar-refractivity contribution in [1.82, 2.24) is 15.1 Å². The van der Waals surface area contributed by atoms with Crippen LogP contribution in [0.4, 0.5) is 4.39 Å². The van der Waals surface area contributed by atoms with E-state index in [-0.39, 0.29) is 11.9 Å². The Morgan fingerprint density at radius 3 is 2.67 bits per heavy atom. The molecule has 0 bridgehead atoms. The highest BCUT2D eigenvalue weighted by Gasteiger charge is 2.19. The zero-order valence-corrected chi connectivity index (χ0v) is 13.6. The standard InChI is InChI=1S/C16H21ClFN3/c1-5-19-15(13-8-12(18)7-6-10(13)2)9-14-11(3)20-21(4)16(14)17/h6-8,15,19H,5,9H2,1-4H3. The molecule has 0 aliphatic heterocycles. The van der Waals surface area contributed by atoms with Gasteiger partial charge in [-0.1, -0.05) is 24.6 Å². The maximum absolute atomic E-state index is 13.6. The van der Waals surface area contributed by atoms with E-state index in [1.54, 1.807) is 10.7 Å². The van der Waals surface area contributed by atoms with E-state index in [0.29, 0.717) is 11.6 Å². The fourth-order valence-electron chi connectivity index (χ4n) is 2.64. The largest absolute Gasteiger partial charge is 0.310 e. The van der Waals surface area contributed by atoms with Crippen molar-refractivity contribution in [3.05, 3.63) is 51.6 Å². The first-order valence-electron chi connectivity index (χ1n) is 7.11. The van der Waals surface area contributed by atoms with E-state index in [2.05, 4.69) is 10.4 Å². The van der Waals surface area contributed by atoms with Crippen LogP contribution in [0.2, 0.25) is 5.15 Å². The maximum atomic E-state index is 13.6. The number of halogens is 2. The van der Waals surface area contributed by atoms with Crippen LogP contribution in [0, 0.1) is 19.7 Å². The summed E-state index contributed by atoms with van der Waals surface area (Å²) < 4.78 is 15.3. The summed E-state index contributed by atoms with van der Waals surface area (Å²) in [4.78, 5) is 0. The third-order valence-electron chi connectivity index (χ3n) is 3.75. The molecule has 1 heterocycles. The maximum Gasteiger partial charge on any atom is 0.130 e. The Labute approximate surface area is 130 Å². The highest BCUT2D eigenvalue weighted by Crippen LogP contribution is 2.27. The lowest BCUT2D eigenvalue weighted by molar-refractivity contribution is 0.539. The monoisotopic (exact) mass is 309 g/mol. The quantitative estimate of drug-likeness (QED) is 0.912. The number of benzene rings is 1. The van der Waals surface area contributed by atoms with E-state index >= 15 is 0 Å². The number of nitrogens with one attached hydrogen (secondary N) is 1. The summed E-state index contributed by atoms with van der Waals surface area (Å²) in [6, 6.07) is 4.92. The molecule has 0 amide bonds. The van der Waals surface area contributed by atoms with Crippen LogP contribution in [0.25, 0.3) is 0 Å². The Morgan fingerprint density at radius 2 is 2.10 bits per heavy atom. The van der Waals surface area contributed by atoms with Gasteiger partial charge in [0, 0.05) is 18.7 Å². The van der Waals surface area contributed by atoms with Crippen LogP contribution in [0.3, 0.4) is 0 Å². The number of aryl methyl sites for hydroxylation is 3. The topological polar surface area (TPSA) is 29.9 Å². The molecule has 21 heavy (non-hydrogen) atoms. The summed E-state index contributed by atoms with van der Waals surface area (Å²) in [5, 5.41) is 8.40. The number of aromatic nitrogens is 2. The minimum absolute atomic E-state index is 0.0195. The average molecular weight is 310 g/mol. The fraction of sp³-hybridized carbons (Fsp3) is 0.438. The zero-order chi connectivity index (χ0) is 15.6. The second-order valence-corrected chi connectivity index (χ2v) is 5.65. The van der Waals surface area contributed by atoms with Crippen molar-refractivity contribution in [3.8, 4) is 0 Å². The van der Waals surface area contributed by atoms with E-state index in [9.17, 15) is 4.39 Å². The van der Waals surface area contributed by atoms with Crippen molar-refractivity contribution in [2.45, 2.75) is 33.2 Å². The number of hydrogen-bond acceptors (Lipinski definition) is 2. The molecule has 1 aromatic carbocycles. The van der Waals surface area contributed by atoms with Crippen LogP contribution in [-0.2, 0) is 13.5 Å². The first-order chi connectivity index (χ1) is 9.93. The molecule has 0 aliphatic carbocycles. The molecule has 3 nitrogen and oxygen atoms in total. The van der Waals surface area contributed by atoms with Gasteiger partial charge in [-0.3, -0.25) is 4.68 Å². The van der Waals surface area contributed by atoms with E-state index in [0.717, 1.165) is 28.9 Å². The number of likely N-dealkylation sites (N-methyl/N-ethyl adjacent to an activating group) is 1. The van der Waals surface area contributed by atoms with Crippen LogP contribution < -0.4 is 5.32 Å². The molecule has 0 aliphatic rings. The minimum atomic E-state index is -0.215. The van der Waals surface area contributed by atoms with Gasteiger partial charge in [-0.15, -0.1) is 0 Å². The van der Waals surface area contributed by atoms with Gasteiger partial charge in [0.05, 0.1) is 5.69 Å². The van der Waals surface area contributed by atoms with Gasteiger partial charge in [-0.2, -0.15) is 5.10 Å². The van der Waals surface area contributed by atoms with Gasteiger partial charge in [-0.25, -0.2) is 4.39 Å². The second-order valence-electron chi connectivity index (χ2n) is 5.29. The Hall–Kier alpha value is -1.39. The molecular weight excluding hydrogens is 289 g/mol. The van der Waals surface area contributed by atoms with Gasteiger partial charge in [-0.05, 0) is 50.1 Å². The molecular formula is C16H21ClFN3. The Morgan fingerprint density at radius 1 is 1.38 bits per heavy atom. The first-order valence-corrected chi connectivity index (χ1v) is 7.49. The average Bonchev–Trinajstić information content (AvgIpc) is 2.67. The first kappa shape index (κ1) is 16.0. The molecule has 1 aromatic heterocycles. The highest BCUT2D eigenvalue weighted by atomic mass is 35.5. The van der Waals surface area contributed by atoms with Gasteiger partial charge in [0.15, 0.2) is 0 Å². The van der Waals surface area contributed by atoms with Crippen molar-refractivity contribution in [1.29, 1.82) is 0 Å². The van der Waals surface area contributed by atoms with Crippen molar-refractivity contribution < 1.29 is 4.39 Å². The second kappa shape index (κ2) is 6.58. The Balaban J connectivity index is 2.37. The van der Waals surface area contributed by atoms with Crippen LogP contribution in [0.15, 0.2) is 18.2 Å². The minimum Gasteiger partial charge on any atom is -0.310 e. The Kier molecular flexibility index (Phi) is 5.01. The summed E-state index contributed by atoms with van der Waals surface area (Å²) >= 11 is 6.32.